The summed E-state index contributed by atoms with van der Waals surface area (Å²) >= 11 is 10.4. The molecule has 10 nitrogen and oxygen atoms in total. The number of esters is 1. The van der Waals surface area contributed by atoms with Gasteiger partial charge in [0, 0.05) is 43.9 Å². The molecule has 0 radical (unpaired) electrons. The summed E-state index contributed by atoms with van der Waals surface area (Å²) in [5.41, 5.74) is -2.08. The lowest BCUT2D eigenvalue weighted by Crippen LogP contribution is -2.45. The van der Waals surface area contributed by atoms with Crippen LogP contribution in [0.3, 0.4) is 0 Å². The molecule has 4 unspecified atom stereocenters. The Morgan fingerprint density at radius 1 is 0.983 bits per heavy atom. The number of carbonyl (C=O) groups excluding carboxylic acids is 3. The van der Waals surface area contributed by atoms with E-state index in [2.05, 4.69) is 52.9 Å². The predicted molar refractivity (Wildman–Crippen MR) is 264 cm³/mol. The van der Waals surface area contributed by atoms with E-state index < -0.39 is 21.5 Å². The fraction of sp³-hybridized carbons (Fsp3) is 0.891. The van der Waals surface area contributed by atoms with Crippen LogP contribution in [0.25, 0.3) is 0 Å². The van der Waals surface area contributed by atoms with E-state index in [-0.39, 0.29) is 60.8 Å². The van der Waals surface area contributed by atoms with Crippen LogP contribution in [0.1, 0.15) is 168 Å². The first-order valence-corrected chi connectivity index (χ1v) is 25.8. The molecule has 1 rings (SSSR count). The number of amides is 2. The molecule has 0 aromatic heterocycles. The Balaban J connectivity index is -0.00000199. The molecule has 60 heavy (non-hydrogen) atoms. The lowest BCUT2D eigenvalue weighted by atomic mass is 9.60. The van der Waals surface area contributed by atoms with E-state index in [1.165, 1.54) is 18.2 Å². The van der Waals surface area contributed by atoms with Gasteiger partial charge >= 0.3 is 5.97 Å². The molecule has 0 aromatic carbocycles. The molecule has 1 fully saturated rings. The number of nitrogens with one attached hydrogen (secondary N) is 1. The average molecular weight is 924 g/mol. The maximum atomic E-state index is 13.7. The minimum Gasteiger partial charge on any atom is -0.464 e. The van der Waals surface area contributed by atoms with Gasteiger partial charge in [-0.2, -0.15) is 17.0 Å². The molecule has 1 saturated heterocycles. The summed E-state index contributed by atoms with van der Waals surface area (Å²) in [5, 5.41) is 22.0. The first kappa shape index (κ1) is 63.2. The summed E-state index contributed by atoms with van der Waals surface area (Å²) in [7, 11) is 1.65. The maximum absolute atomic E-state index is 13.7. The number of thiocarbonyl (C=S) groups is 1. The molecule has 0 bridgehead atoms. The van der Waals surface area contributed by atoms with Crippen LogP contribution in [0, 0.1) is 28.1 Å². The number of ether oxygens (including phenoxy) is 3. The smallest absolute Gasteiger partial charge is 0.310 e. The van der Waals surface area contributed by atoms with Gasteiger partial charge in [0.15, 0.2) is 0 Å². The molecule has 2 amide bonds. The molecular weight excluding hydrogens is 835 g/mol. The quantitative estimate of drug-likeness (QED) is 0.0745. The first-order valence-electron chi connectivity index (χ1n) is 21.9. The Morgan fingerprint density at radius 3 is 1.98 bits per heavy atom. The van der Waals surface area contributed by atoms with Gasteiger partial charge in [-0.3, -0.25) is 14.4 Å². The van der Waals surface area contributed by atoms with Crippen molar-refractivity contribution in [2.24, 2.45) is 16.7 Å². The zero-order valence-corrected chi connectivity index (χ0v) is 44.5. The van der Waals surface area contributed by atoms with Crippen LogP contribution < -0.4 is 5.32 Å². The van der Waals surface area contributed by atoms with Gasteiger partial charge in [-0.1, -0.05) is 66.6 Å². The third-order valence-electron chi connectivity index (χ3n) is 10.5. The Labute approximate surface area is 386 Å². The number of hydrogen-bond donors (Lipinski definition) is 2. The number of methoxy groups -OCH3 is 1. The van der Waals surface area contributed by atoms with E-state index in [0.29, 0.717) is 45.2 Å². The second-order valence-corrected chi connectivity index (χ2v) is 23.3. The number of rotatable bonds is 23. The Morgan fingerprint density at radius 2 is 1.55 bits per heavy atom. The largest absolute Gasteiger partial charge is 0.464 e. The number of aliphatic hydroxyl groups is 1. The van der Waals surface area contributed by atoms with Gasteiger partial charge in [0.05, 0.1) is 41.3 Å². The number of likely N-dealkylation sites (tertiary alicyclic amines) is 1. The van der Waals surface area contributed by atoms with Crippen molar-refractivity contribution in [1.29, 1.82) is 5.26 Å². The second-order valence-electron chi connectivity index (χ2n) is 18.3. The zero-order chi connectivity index (χ0) is 47.4. The summed E-state index contributed by atoms with van der Waals surface area (Å²) in [6, 6.07) is 2.42. The third kappa shape index (κ3) is 27.9. The summed E-state index contributed by atoms with van der Waals surface area (Å²) < 4.78 is 17.2. The van der Waals surface area contributed by atoms with Gasteiger partial charge < -0.3 is 29.5 Å². The molecule has 0 saturated carbocycles. The highest BCUT2D eigenvalue weighted by Gasteiger charge is 2.48. The van der Waals surface area contributed by atoms with Crippen LogP contribution in [0.4, 0.5) is 0 Å². The first-order chi connectivity index (χ1) is 27.7. The van der Waals surface area contributed by atoms with E-state index in [4.69, 9.17) is 31.5 Å². The number of hydrogen-bond acceptors (Lipinski definition) is 12. The van der Waals surface area contributed by atoms with Crippen molar-refractivity contribution in [3.05, 3.63) is 0 Å². The fourth-order valence-electron chi connectivity index (χ4n) is 6.55. The topological polar surface area (TPSA) is 138 Å². The Hall–Kier alpha value is -1.08. The van der Waals surface area contributed by atoms with E-state index in [0.717, 1.165) is 28.5 Å². The molecule has 0 spiro atoms. The van der Waals surface area contributed by atoms with Gasteiger partial charge in [-0.05, 0) is 125 Å². The van der Waals surface area contributed by atoms with Crippen molar-refractivity contribution in [2.45, 2.75) is 196 Å². The highest BCUT2D eigenvalue weighted by Crippen LogP contribution is 2.50. The standard InChI is InChI=1S/C35H61N3O5S3.C6H14O2.C3H8.C2H6S/c1-12-15-26(4)43-33(7,8)22-25(3)37-28(39)17-18-35(11,24-36)32(5,6)23-27(34(9,10)46-31(44)45-13-2)30(41)42-21-20-38-19-14-16-29(38)40;1-6(2,8-3)4-5-7;2*1-3-2/h25-27H,12-23H2,1-11H3,(H,37,39);7H,4-5H2,1-3H3;3H2,1-2H3;1-2H3. The molecule has 1 aliphatic rings. The van der Waals surface area contributed by atoms with Crippen LogP contribution >= 0.6 is 47.5 Å². The molecular formula is C46H89N3O7S4. The minimum atomic E-state index is -0.897. The maximum Gasteiger partial charge on any atom is 0.310 e. The van der Waals surface area contributed by atoms with Crippen molar-refractivity contribution >= 4 is 68.8 Å². The summed E-state index contributed by atoms with van der Waals surface area (Å²) in [6.07, 6.45) is 11.2. The van der Waals surface area contributed by atoms with Crippen molar-refractivity contribution in [3.8, 4) is 6.07 Å². The van der Waals surface area contributed by atoms with Crippen LogP contribution in [-0.4, -0.2) is 111 Å². The molecule has 1 aliphatic heterocycles. The number of thioether (sulfide) groups is 3. The monoisotopic (exact) mass is 924 g/mol. The predicted octanol–water partition coefficient (Wildman–Crippen LogP) is 11.1. The summed E-state index contributed by atoms with van der Waals surface area (Å²) in [4.78, 5) is 40.6. The van der Waals surface area contributed by atoms with Crippen molar-refractivity contribution in [3.63, 3.8) is 0 Å². The van der Waals surface area contributed by atoms with Gasteiger partial charge in [-0.25, -0.2) is 0 Å². The summed E-state index contributed by atoms with van der Waals surface area (Å²) in [6.45, 7) is 31.8. The minimum absolute atomic E-state index is 0.0877. The third-order valence-corrected chi connectivity index (χ3v) is 13.2. The van der Waals surface area contributed by atoms with E-state index >= 15 is 0 Å². The molecule has 0 aliphatic carbocycles. The fourth-order valence-corrected chi connectivity index (χ4v) is 9.77. The van der Waals surface area contributed by atoms with E-state index in [1.54, 1.807) is 35.5 Å². The van der Waals surface area contributed by atoms with Crippen molar-refractivity contribution in [2.75, 3.05) is 51.7 Å². The molecule has 2 N–H and O–H groups in total. The van der Waals surface area contributed by atoms with E-state index in [1.807, 2.05) is 74.8 Å². The molecule has 1 heterocycles. The van der Waals surface area contributed by atoms with Gasteiger partial charge in [0.1, 0.15) is 10.1 Å². The van der Waals surface area contributed by atoms with Crippen LogP contribution in [0.15, 0.2) is 0 Å². The van der Waals surface area contributed by atoms with E-state index in [9.17, 15) is 19.6 Å². The normalized spacial score (nSPS) is 15.6. The Kier molecular flexibility index (Phi) is 34.3. The van der Waals surface area contributed by atoms with Gasteiger partial charge in [0.2, 0.25) is 11.8 Å². The van der Waals surface area contributed by atoms with Gasteiger partial charge in [-0.15, -0.1) is 23.5 Å². The zero-order valence-electron chi connectivity index (χ0n) is 41.3. The highest BCUT2D eigenvalue weighted by atomic mass is 32.2. The van der Waals surface area contributed by atoms with Crippen LogP contribution in [0.5, 0.6) is 0 Å². The second kappa shape index (κ2) is 32.6. The average Bonchev–Trinajstić information content (AvgIpc) is 3.53. The number of nitriles is 1. The van der Waals surface area contributed by atoms with Gasteiger partial charge in [0.25, 0.3) is 0 Å². The lowest BCUT2D eigenvalue weighted by Gasteiger charge is -2.44. The molecule has 14 heteroatoms. The lowest BCUT2D eigenvalue weighted by molar-refractivity contribution is -0.152. The number of carbonyl (C=O) groups is 3. The molecule has 4 atom stereocenters. The molecule has 354 valence electrons. The SMILES string of the molecule is CCC.CCCC(C)OC(C)(C)CC(C)NC(=O)CCC(C)(C#N)C(C)(C)CC(C(=O)OCCN1CCCC1=O)C(C)(C)SC(=S)SCC.COC(C)(C)CCO.CSC. The number of nitrogens with zero attached hydrogens (tertiary/aromatic N) is 2. The Bertz CT molecular complexity index is 1260. The van der Waals surface area contributed by atoms with Crippen LogP contribution in [-0.2, 0) is 28.6 Å². The highest BCUT2D eigenvalue weighted by molar-refractivity contribution is 8.47. The van der Waals surface area contributed by atoms with Crippen molar-refractivity contribution < 1.29 is 33.7 Å². The molecule has 0 aromatic rings. The summed E-state index contributed by atoms with van der Waals surface area (Å²) in [5.74, 6) is -0.106. The van der Waals surface area contributed by atoms with Crippen LogP contribution in [0.2, 0.25) is 0 Å². The van der Waals surface area contributed by atoms with Crippen molar-refractivity contribution in [1.82, 2.24) is 10.2 Å². The number of aliphatic hydroxyl groups excluding tert-OH is 1.